The summed E-state index contributed by atoms with van der Waals surface area (Å²) in [5.41, 5.74) is 2.06. The maximum absolute atomic E-state index is 5.76. The molecular formula is C11H12ClN5. The Morgan fingerprint density at radius 3 is 3.06 bits per heavy atom. The van der Waals surface area contributed by atoms with Crippen LogP contribution in [0.5, 0.6) is 0 Å². The van der Waals surface area contributed by atoms with E-state index in [1.807, 2.05) is 13.0 Å². The van der Waals surface area contributed by atoms with Gasteiger partial charge in [-0.25, -0.2) is 9.97 Å². The number of H-pyrrole nitrogens is 1. The molecule has 88 valence electrons. The molecule has 2 aromatic heterocycles. The molecular weight excluding hydrogens is 238 g/mol. The van der Waals surface area contributed by atoms with Gasteiger partial charge in [0.1, 0.15) is 11.6 Å². The Morgan fingerprint density at radius 2 is 2.29 bits per heavy atom. The average Bonchev–Trinajstić information content (AvgIpc) is 3.05. The summed E-state index contributed by atoms with van der Waals surface area (Å²) >= 11 is 5.76. The van der Waals surface area contributed by atoms with E-state index in [0.717, 1.165) is 17.1 Å². The van der Waals surface area contributed by atoms with E-state index in [-0.39, 0.29) is 5.28 Å². The smallest absolute Gasteiger partial charge is 0.224 e. The first-order valence-corrected chi connectivity index (χ1v) is 5.91. The number of nitrogens with one attached hydrogen (secondary N) is 2. The number of hydrogen-bond acceptors (Lipinski definition) is 4. The molecule has 1 aliphatic rings. The molecule has 0 aliphatic heterocycles. The van der Waals surface area contributed by atoms with E-state index >= 15 is 0 Å². The van der Waals surface area contributed by atoms with Crippen LogP contribution in [-0.4, -0.2) is 20.2 Å². The monoisotopic (exact) mass is 249 g/mol. The van der Waals surface area contributed by atoms with Crippen molar-refractivity contribution in [2.75, 3.05) is 5.32 Å². The lowest BCUT2D eigenvalue weighted by Gasteiger charge is -2.05. The van der Waals surface area contributed by atoms with Crippen molar-refractivity contribution < 1.29 is 0 Å². The molecule has 3 rings (SSSR count). The summed E-state index contributed by atoms with van der Waals surface area (Å²) in [4.78, 5) is 8.05. The van der Waals surface area contributed by atoms with E-state index in [4.69, 9.17) is 11.6 Å². The van der Waals surface area contributed by atoms with Crippen LogP contribution >= 0.6 is 11.6 Å². The van der Waals surface area contributed by atoms with Gasteiger partial charge in [0.2, 0.25) is 5.28 Å². The van der Waals surface area contributed by atoms with Gasteiger partial charge in [0, 0.05) is 23.7 Å². The average molecular weight is 250 g/mol. The lowest BCUT2D eigenvalue weighted by atomic mass is 10.3. The Balaban J connectivity index is 1.82. The fourth-order valence-electron chi connectivity index (χ4n) is 1.66. The fourth-order valence-corrected chi connectivity index (χ4v) is 1.80. The van der Waals surface area contributed by atoms with Crippen LogP contribution in [0.2, 0.25) is 5.28 Å². The second-order valence-electron chi connectivity index (χ2n) is 4.28. The van der Waals surface area contributed by atoms with Crippen molar-refractivity contribution in [2.24, 2.45) is 0 Å². The van der Waals surface area contributed by atoms with Gasteiger partial charge in [0.25, 0.3) is 0 Å². The van der Waals surface area contributed by atoms with Crippen LogP contribution in [0.15, 0.2) is 12.3 Å². The topological polar surface area (TPSA) is 66.5 Å². The van der Waals surface area contributed by atoms with Crippen molar-refractivity contribution in [1.29, 1.82) is 0 Å². The number of halogens is 1. The van der Waals surface area contributed by atoms with E-state index in [2.05, 4.69) is 25.5 Å². The molecule has 0 unspecified atom stereocenters. The summed E-state index contributed by atoms with van der Waals surface area (Å²) < 4.78 is 0. The second kappa shape index (κ2) is 4.00. The molecule has 0 aromatic carbocycles. The molecule has 0 atom stereocenters. The molecule has 2 heterocycles. The third kappa shape index (κ3) is 2.24. The number of anilines is 2. The van der Waals surface area contributed by atoms with E-state index in [0.29, 0.717) is 11.7 Å². The molecule has 1 fully saturated rings. The first-order valence-electron chi connectivity index (χ1n) is 5.54. The number of aryl methyl sites for hydroxylation is 1. The third-order valence-corrected chi connectivity index (χ3v) is 2.97. The number of aromatic nitrogens is 4. The summed E-state index contributed by atoms with van der Waals surface area (Å²) in [7, 11) is 0. The van der Waals surface area contributed by atoms with Gasteiger partial charge >= 0.3 is 0 Å². The highest BCUT2D eigenvalue weighted by atomic mass is 35.5. The molecule has 2 N–H and O–H groups in total. The maximum Gasteiger partial charge on any atom is 0.224 e. The molecule has 6 heteroatoms. The normalized spacial score (nSPS) is 14.9. The number of aromatic amines is 1. The standard InChI is InChI=1S/C11H12ClN5/c1-6-5-13-11(12)15-10(6)14-9-4-8(16-17-9)7-2-3-7/h4-5,7H,2-3H2,1H3,(H2,13,14,15,16,17). The number of nitrogens with zero attached hydrogens (tertiary/aromatic N) is 3. The van der Waals surface area contributed by atoms with Crippen LogP contribution in [-0.2, 0) is 0 Å². The number of hydrogen-bond donors (Lipinski definition) is 2. The lowest BCUT2D eigenvalue weighted by molar-refractivity contribution is 0.966. The summed E-state index contributed by atoms with van der Waals surface area (Å²) in [6, 6.07) is 2.02. The molecule has 1 aliphatic carbocycles. The maximum atomic E-state index is 5.76. The Hall–Kier alpha value is -1.62. The van der Waals surface area contributed by atoms with Crippen molar-refractivity contribution in [3.05, 3.63) is 28.8 Å². The minimum absolute atomic E-state index is 0.236. The third-order valence-electron chi connectivity index (χ3n) is 2.79. The summed E-state index contributed by atoms with van der Waals surface area (Å²) in [5, 5.41) is 10.6. The van der Waals surface area contributed by atoms with Gasteiger partial charge in [-0.1, -0.05) is 0 Å². The SMILES string of the molecule is Cc1cnc(Cl)nc1Nc1cc(C2CC2)n[nH]1. The van der Waals surface area contributed by atoms with Crippen LogP contribution in [0.1, 0.15) is 30.0 Å². The van der Waals surface area contributed by atoms with Gasteiger partial charge in [-0.05, 0) is 31.4 Å². The zero-order valence-electron chi connectivity index (χ0n) is 9.37. The Labute approximate surface area is 104 Å². The molecule has 0 bridgehead atoms. The lowest BCUT2D eigenvalue weighted by Crippen LogP contribution is -1.98. The van der Waals surface area contributed by atoms with Gasteiger partial charge in [-0.2, -0.15) is 5.10 Å². The van der Waals surface area contributed by atoms with E-state index in [1.165, 1.54) is 12.8 Å². The molecule has 0 radical (unpaired) electrons. The minimum atomic E-state index is 0.236. The van der Waals surface area contributed by atoms with Gasteiger partial charge in [-0.15, -0.1) is 0 Å². The van der Waals surface area contributed by atoms with Crippen molar-refractivity contribution >= 4 is 23.2 Å². The van der Waals surface area contributed by atoms with Crippen molar-refractivity contribution in [3.63, 3.8) is 0 Å². The van der Waals surface area contributed by atoms with E-state index in [9.17, 15) is 0 Å². The Kier molecular flexibility index (Phi) is 2.48. The molecule has 0 amide bonds. The first kappa shape index (κ1) is 10.5. The van der Waals surface area contributed by atoms with Crippen LogP contribution in [0.4, 0.5) is 11.6 Å². The zero-order chi connectivity index (χ0) is 11.8. The molecule has 2 aromatic rings. The summed E-state index contributed by atoms with van der Waals surface area (Å²) in [6.45, 7) is 1.93. The van der Waals surface area contributed by atoms with Crippen LogP contribution in [0.3, 0.4) is 0 Å². The molecule has 0 saturated heterocycles. The van der Waals surface area contributed by atoms with Gasteiger partial charge in [0.15, 0.2) is 0 Å². The zero-order valence-corrected chi connectivity index (χ0v) is 10.1. The molecule has 1 saturated carbocycles. The second-order valence-corrected chi connectivity index (χ2v) is 4.61. The van der Waals surface area contributed by atoms with Gasteiger partial charge in [-0.3, -0.25) is 5.10 Å². The first-order chi connectivity index (χ1) is 8.22. The van der Waals surface area contributed by atoms with Crippen molar-refractivity contribution in [2.45, 2.75) is 25.7 Å². The molecule has 5 nitrogen and oxygen atoms in total. The Bertz CT molecular complexity index is 547. The predicted molar refractivity (Wildman–Crippen MR) is 65.6 cm³/mol. The Morgan fingerprint density at radius 1 is 1.47 bits per heavy atom. The van der Waals surface area contributed by atoms with Gasteiger partial charge in [0.05, 0.1) is 5.69 Å². The summed E-state index contributed by atoms with van der Waals surface area (Å²) in [6.07, 6.45) is 4.17. The van der Waals surface area contributed by atoms with Crippen molar-refractivity contribution in [3.8, 4) is 0 Å². The number of rotatable bonds is 3. The molecule has 0 spiro atoms. The highest BCUT2D eigenvalue weighted by molar-refractivity contribution is 6.28. The van der Waals surface area contributed by atoms with Crippen LogP contribution in [0.25, 0.3) is 0 Å². The molecule has 17 heavy (non-hydrogen) atoms. The highest BCUT2D eigenvalue weighted by Gasteiger charge is 2.26. The quantitative estimate of drug-likeness (QED) is 0.821. The van der Waals surface area contributed by atoms with Gasteiger partial charge < -0.3 is 5.32 Å². The highest BCUT2D eigenvalue weighted by Crippen LogP contribution is 2.39. The van der Waals surface area contributed by atoms with Crippen LogP contribution in [0, 0.1) is 6.92 Å². The predicted octanol–water partition coefficient (Wildman–Crippen LogP) is 2.78. The minimum Gasteiger partial charge on any atom is -0.325 e. The van der Waals surface area contributed by atoms with Crippen LogP contribution < -0.4 is 5.32 Å². The largest absolute Gasteiger partial charge is 0.325 e. The fraction of sp³-hybridized carbons (Fsp3) is 0.364. The van der Waals surface area contributed by atoms with E-state index in [1.54, 1.807) is 6.20 Å². The van der Waals surface area contributed by atoms with Crippen molar-refractivity contribution in [1.82, 2.24) is 20.2 Å². The summed E-state index contributed by atoms with van der Waals surface area (Å²) in [5.74, 6) is 2.18. The van der Waals surface area contributed by atoms with E-state index < -0.39 is 0 Å².